The first-order valence-electron chi connectivity index (χ1n) is 7.08. The Morgan fingerprint density at radius 1 is 1.05 bits per heavy atom. The third kappa shape index (κ3) is 6.55. The average Bonchev–Trinajstić information content (AvgIpc) is 2.42. The molecule has 0 fully saturated rings. The lowest BCUT2D eigenvalue weighted by atomic mass is 10.2. The van der Waals surface area contributed by atoms with Gasteiger partial charge >= 0.3 is 0 Å². The Kier molecular flexibility index (Phi) is 6.99. The van der Waals surface area contributed by atoms with Crippen LogP contribution in [0, 0.1) is 0 Å². The zero-order valence-corrected chi connectivity index (χ0v) is 14.5. The summed E-state index contributed by atoms with van der Waals surface area (Å²) in [5.74, 6) is -0.215. The van der Waals surface area contributed by atoms with Gasteiger partial charge in [0.05, 0.1) is 12.8 Å². The van der Waals surface area contributed by atoms with Crippen LogP contribution in [0.2, 0.25) is 0 Å². The summed E-state index contributed by atoms with van der Waals surface area (Å²) < 4.78 is 24.8. The van der Waals surface area contributed by atoms with Gasteiger partial charge in [-0.25, -0.2) is 8.42 Å². The standard InChI is InChI=1S/C15H25N3O3S/c1-16(2)10-11-18(22(4,20)21)13-15(19)17(3)12-14-8-6-5-7-9-14/h5-9H,10-13H2,1-4H3. The third-order valence-electron chi connectivity index (χ3n) is 3.27. The molecule has 1 aromatic rings. The SMILES string of the molecule is CN(C)CCN(CC(=O)N(C)Cc1ccccc1)S(C)(=O)=O. The monoisotopic (exact) mass is 327 g/mol. The van der Waals surface area contributed by atoms with Gasteiger partial charge < -0.3 is 9.80 Å². The zero-order chi connectivity index (χ0) is 16.8. The van der Waals surface area contributed by atoms with Crippen LogP contribution in [-0.2, 0) is 21.4 Å². The maximum atomic E-state index is 12.3. The van der Waals surface area contributed by atoms with Crippen LogP contribution in [0.25, 0.3) is 0 Å². The van der Waals surface area contributed by atoms with E-state index in [2.05, 4.69) is 0 Å². The van der Waals surface area contributed by atoms with Gasteiger partial charge in [-0.3, -0.25) is 4.79 Å². The third-order valence-corrected chi connectivity index (χ3v) is 4.52. The number of sulfonamides is 1. The summed E-state index contributed by atoms with van der Waals surface area (Å²) in [7, 11) is 2.01. The van der Waals surface area contributed by atoms with E-state index in [1.807, 2.05) is 49.3 Å². The second kappa shape index (κ2) is 8.26. The van der Waals surface area contributed by atoms with Gasteiger partial charge in [0, 0.05) is 26.7 Å². The first-order chi connectivity index (χ1) is 10.2. The van der Waals surface area contributed by atoms with E-state index in [9.17, 15) is 13.2 Å². The molecule has 124 valence electrons. The molecule has 6 nitrogen and oxygen atoms in total. The molecule has 0 unspecified atom stereocenters. The van der Waals surface area contributed by atoms with Crippen molar-refractivity contribution in [3.63, 3.8) is 0 Å². The molecule has 0 heterocycles. The van der Waals surface area contributed by atoms with Crippen molar-refractivity contribution in [2.75, 3.05) is 47.0 Å². The van der Waals surface area contributed by atoms with E-state index in [0.717, 1.165) is 11.8 Å². The zero-order valence-electron chi connectivity index (χ0n) is 13.7. The van der Waals surface area contributed by atoms with E-state index in [1.54, 1.807) is 11.9 Å². The summed E-state index contributed by atoms with van der Waals surface area (Å²) >= 11 is 0. The predicted molar refractivity (Wildman–Crippen MR) is 87.9 cm³/mol. The summed E-state index contributed by atoms with van der Waals surface area (Å²) in [6.07, 6.45) is 1.13. The van der Waals surface area contributed by atoms with Crippen molar-refractivity contribution in [1.82, 2.24) is 14.1 Å². The lowest BCUT2D eigenvalue weighted by molar-refractivity contribution is -0.130. The largest absolute Gasteiger partial charge is 0.340 e. The van der Waals surface area contributed by atoms with Gasteiger partial charge in [0.2, 0.25) is 15.9 Å². The van der Waals surface area contributed by atoms with Crippen LogP contribution < -0.4 is 0 Å². The highest BCUT2D eigenvalue weighted by Crippen LogP contribution is 2.05. The van der Waals surface area contributed by atoms with Crippen LogP contribution in [0.3, 0.4) is 0 Å². The van der Waals surface area contributed by atoms with E-state index in [1.165, 1.54) is 4.31 Å². The second-order valence-electron chi connectivity index (χ2n) is 5.64. The normalized spacial score (nSPS) is 11.9. The number of likely N-dealkylation sites (N-methyl/N-ethyl adjacent to an activating group) is 2. The van der Waals surface area contributed by atoms with Gasteiger partial charge in [-0.2, -0.15) is 4.31 Å². The highest BCUT2D eigenvalue weighted by molar-refractivity contribution is 7.88. The van der Waals surface area contributed by atoms with Gasteiger partial charge in [0.1, 0.15) is 0 Å². The highest BCUT2D eigenvalue weighted by Gasteiger charge is 2.22. The van der Waals surface area contributed by atoms with Crippen molar-refractivity contribution in [2.45, 2.75) is 6.54 Å². The van der Waals surface area contributed by atoms with Gasteiger partial charge in [-0.15, -0.1) is 0 Å². The molecule has 0 spiro atoms. The Bertz CT molecular complexity index is 573. The summed E-state index contributed by atoms with van der Waals surface area (Å²) in [5.41, 5.74) is 1.01. The molecule has 0 aliphatic rings. The van der Waals surface area contributed by atoms with Crippen LogP contribution in [-0.4, -0.2) is 75.5 Å². The maximum Gasteiger partial charge on any atom is 0.237 e. The quantitative estimate of drug-likeness (QED) is 0.696. The van der Waals surface area contributed by atoms with E-state index >= 15 is 0 Å². The predicted octanol–water partition coefficient (Wildman–Crippen LogP) is 0.468. The molecule has 0 aliphatic heterocycles. The molecule has 0 bridgehead atoms. The number of hydrogen-bond donors (Lipinski definition) is 0. The Morgan fingerprint density at radius 2 is 1.64 bits per heavy atom. The Labute approximate surface area is 133 Å². The number of carbonyl (C=O) groups is 1. The minimum atomic E-state index is -3.40. The van der Waals surface area contributed by atoms with Gasteiger partial charge in [-0.1, -0.05) is 30.3 Å². The van der Waals surface area contributed by atoms with Crippen molar-refractivity contribution < 1.29 is 13.2 Å². The minimum Gasteiger partial charge on any atom is -0.340 e. The molecule has 22 heavy (non-hydrogen) atoms. The molecule has 0 saturated carbocycles. The van der Waals surface area contributed by atoms with E-state index in [4.69, 9.17) is 0 Å². The van der Waals surface area contributed by atoms with Crippen molar-refractivity contribution in [1.29, 1.82) is 0 Å². The van der Waals surface area contributed by atoms with Crippen molar-refractivity contribution in [3.05, 3.63) is 35.9 Å². The molecule has 0 aliphatic carbocycles. The molecule has 0 aromatic heterocycles. The lowest BCUT2D eigenvalue weighted by Gasteiger charge is -2.24. The van der Waals surface area contributed by atoms with Crippen LogP contribution in [0.1, 0.15) is 5.56 Å². The number of rotatable bonds is 8. The maximum absolute atomic E-state index is 12.3. The number of benzene rings is 1. The minimum absolute atomic E-state index is 0.129. The summed E-state index contributed by atoms with van der Waals surface area (Å²) in [6, 6.07) is 9.60. The highest BCUT2D eigenvalue weighted by atomic mass is 32.2. The average molecular weight is 327 g/mol. The summed E-state index contributed by atoms with van der Waals surface area (Å²) in [5, 5.41) is 0. The summed E-state index contributed by atoms with van der Waals surface area (Å²) in [4.78, 5) is 15.7. The number of nitrogens with zero attached hydrogens (tertiary/aromatic N) is 3. The fraction of sp³-hybridized carbons (Fsp3) is 0.533. The van der Waals surface area contributed by atoms with Crippen LogP contribution in [0.4, 0.5) is 0 Å². The molecule has 0 N–H and O–H groups in total. The van der Waals surface area contributed by atoms with Gasteiger partial charge in [0.25, 0.3) is 0 Å². The van der Waals surface area contributed by atoms with Crippen LogP contribution in [0.5, 0.6) is 0 Å². The second-order valence-corrected chi connectivity index (χ2v) is 7.62. The first kappa shape index (κ1) is 18.6. The smallest absolute Gasteiger partial charge is 0.237 e. The molecule has 0 radical (unpaired) electrons. The van der Waals surface area contributed by atoms with Crippen molar-refractivity contribution in [3.8, 4) is 0 Å². The molecule has 7 heteroatoms. The van der Waals surface area contributed by atoms with E-state index in [-0.39, 0.29) is 12.5 Å². The number of carbonyl (C=O) groups excluding carboxylic acids is 1. The molecular weight excluding hydrogens is 302 g/mol. The fourth-order valence-corrected chi connectivity index (χ4v) is 2.65. The molecule has 0 saturated heterocycles. The fourth-order valence-electron chi connectivity index (χ4n) is 1.89. The number of hydrogen-bond acceptors (Lipinski definition) is 4. The lowest BCUT2D eigenvalue weighted by Crippen LogP contribution is -2.43. The van der Waals surface area contributed by atoms with Crippen molar-refractivity contribution in [2.24, 2.45) is 0 Å². The molecular formula is C15H25N3O3S. The molecule has 1 rings (SSSR count). The molecule has 1 amide bonds. The van der Waals surface area contributed by atoms with Crippen LogP contribution >= 0.6 is 0 Å². The van der Waals surface area contributed by atoms with Gasteiger partial charge in [0.15, 0.2) is 0 Å². The van der Waals surface area contributed by atoms with Crippen LogP contribution in [0.15, 0.2) is 30.3 Å². The van der Waals surface area contributed by atoms with Gasteiger partial charge in [-0.05, 0) is 19.7 Å². The molecule has 0 atom stereocenters. The van der Waals surface area contributed by atoms with E-state index < -0.39 is 10.0 Å². The Morgan fingerprint density at radius 3 is 2.14 bits per heavy atom. The van der Waals surface area contributed by atoms with Crippen molar-refractivity contribution >= 4 is 15.9 Å². The Hall–Kier alpha value is -1.44. The first-order valence-corrected chi connectivity index (χ1v) is 8.92. The topological polar surface area (TPSA) is 60.9 Å². The van der Waals surface area contributed by atoms with E-state index in [0.29, 0.717) is 19.6 Å². The Balaban J connectivity index is 2.65. The summed E-state index contributed by atoms with van der Waals surface area (Å²) in [6.45, 7) is 1.21. The molecule has 1 aromatic carbocycles. The number of amides is 1.